The molecule has 0 radical (unpaired) electrons. The third-order valence-corrected chi connectivity index (χ3v) is 3.91. The van der Waals surface area contributed by atoms with Crippen molar-refractivity contribution in [2.45, 2.75) is 20.3 Å². The zero-order valence-electron chi connectivity index (χ0n) is 10.7. The molecule has 2 rings (SSSR count). The van der Waals surface area contributed by atoms with Crippen LogP contribution in [-0.4, -0.2) is 12.5 Å². The van der Waals surface area contributed by atoms with E-state index in [1.807, 2.05) is 37.4 Å². The molecule has 1 aromatic heterocycles. The smallest absolute Gasteiger partial charge is 0.224 e. The van der Waals surface area contributed by atoms with Crippen LogP contribution in [0.25, 0.3) is 10.1 Å². The zero-order valence-corrected chi connectivity index (χ0v) is 11.5. The summed E-state index contributed by atoms with van der Waals surface area (Å²) in [5, 5.41) is 6.05. The van der Waals surface area contributed by atoms with Crippen LogP contribution >= 0.6 is 11.3 Å². The molecule has 1 amide bonds. The molecule has 0 unspecified atom stereocenters. The maximum Gasteiger partial charge on any atom is 0.224 e. The predicted octanol–water partition coefficient (Wildman–Crippen LogP) is 3.21. The van der Waals surface area contributed by atoms with Gasteiger partial charge in [0.05, 0.1) is 5.69 Å². The topological polar surface area (TPSA) is 55.1 Å². The number of rotatable bonds is 4. The van der Waals surface area contributed by atoms with E-state index in [0.29, 0.717) is 13.0 Å². The van der Waals surface area contributed by atoms with E-state index in [1.165, 1.54) is 4.70 Å². The van der Waals surface area contributed by atoms with Gasteiger partial charge in [-0.3, -0.25) is 4.79 Å². The number of anilines is 1. The molecular weight excluding hydrogens is 244 g/mol. The molecule has 2 aromatic rings. The third-order valence-electron chi connectivity index (χ3n) is 2.95. The Bertz CT molecular complexity index is 560. The van der Waals surface area contributed by atoms with Gasteiger partial charge < -0.3 is 11.1 Å². The van der Waals surface area contributed by atoms with Crippen LogP contribution < -0.4 is 11.1 Å². The van der Waals surface area contributed by atoms with Gasteiger partial charge in [0.1, 0.15) is 0 Å². The quantitative estimate of drug-likeness (QED) is 0.889. The first-order valence-electron chi connectivity index (χ1n) is 5.98. The van der Waals surface area contributed by atoms with Crippen LogP contribution in [0, 0.1) is 5.41 Å². The number of fused-ring (bicyclic) bond motifs is 1. The average Bonchev–Trinajstić information content (AvgIpc) is 2.72. The maximum absolute atomic E-state index is 12.0. The standard InChI is InChI=1S/C14H18N2OS/c1-14(2,9-15)7-13(17)16-11-8-18-12-6-4-3-5-10(11)12/h3-6,8H,7,9,15H2,1-2H3,(H,16,17). The second kappa shape index (κ2) is 5.08. The number of carbonyl (C=O) groups excluding carboxylic acids is 1. The van der Waals surface area contributed by atoms with Crippen LogP contribution in [0.5, 0.6) is 0 Å². The molecule has 0 atom stereocenters. The normalized spacial score (nSPS) is 11.7. The predicted molar refractivity (Wildman–Crippen MR) is 77.9 cm³/mol. The lowest BCUT2D eigenvalue weighted by molar-refractivity contribution is -0.117. The van der Waals surface area contributed by atoms with Crippen LogP contribution in [0.3, 0.4) is 0 Å². The molecule has 0 fully saturated rings. The van der Waals surface area contributed by atoms with Crippen molar-refractivity contribution in [3.8, 4) is 0 Å². The second-order valence-electron chi connectivity index (χ2n) is 5.24. The summed E-state index contributed by atoms with van der Waals surface area (Å²) in [7, 11) is 0. The van der Waals surface area contributed by atoms with Crippen LogP contribution in [0.4, 0.5) is 5.69 Å². The number of nitrogens with one attached hydrogen (secondary N) is 1. The summed E-state index contributed by atoms with van der Waals surface area (Å²) in [4.78, 5) is 12.0. The van der Waals surface area contributed by atoms with Crippen LogP contribution in [0.15, 0.2) is 29.6 Å². The van der Waals surface area contributed by atoms with Gasteiger partial charge in [0.2, 0.25) is 5.91 Å². The van der Waals surface area contributed by atoms with E-state index in [0.717, 1.165) is 11.1 Å². The molecule has 0 saturated carbocycles. The largest absolute Gasteiger partial charge is 0.330 e. The lowest BCUT2D eigenvalue weighted by Crippen LogP contribution is -2.29. The Kier molecular flexibility index (Phi) is 3.68. The Hall–Kier alpha value is -1.39. The molecule has 4 heteroatoms. The highest BCUT2D eigenvalue weighted by atomic mass is 32.1. The van der Waals surface area contributed by atoms with E-state index in [4.69, 9.17) is 5.73 Å². The minimum Gasteiger partial charge on any atom is -0.330 e. The molecule has 0 spiro atoms. The summed E-state index contributed by atoms with van der Waals surface area (Å²) in [6, 6.07) is 8.06. The summed E-state index contributed by atoms with van der Waals surface area (Å²) in [5.41, 5.74) is 6.38. The SMILES string of the molecule is CC(C)(CN)CC(=O)Nc1csc2ccccc12. The van der Waals surface area contributed by atoms with Gasteiger partial charge in [0.25, 0.3) is 0 Å². The molecule has 3 N–H and O–H groups in total. The lowest BCUT2D eigenvalue weighted by Gasteiger charge is -2.21. The highest BCUT2D eigenvalue weighted by Gasteiger charge is 2.20. The van der Waals surface area contributed by atoms with Crippen molar-refractivity contribution >= 4 is 33.0 Å². The number of benzene rings is 1. The first kappa shape index (κ1) is 13.1. The van der Waals surface area contributed by atoms with Crippen molar-refractivity contribution in [3.05, 3.63) is 29.6 Å². The van der Waals surface area contributed by atoms with Crippen molar-refractivity contribution in [2.75, 3.05) is 11.9 Å². The van der Waals surface area contributed by atoms with Crippen LogP contribution in [0.2, 0.25) is 0 Å². The Morgan fingerprint density at radius 1 is 1.39 bits per heavy atom. The van der Waals surface area contributed by atoms with Gasteiger partial charge in [-0.2, -0.15) is 0 Å². The van der Waals surface area contributed by atoms with Gasteiger partial charge in [-0.15, -0.1) is 11.3 Å². The summed E-state index contributed by atoms with van der Waals surface area (Å²) in [6.45, 7) is 4.50. The van der Waals surface area contributed by atoms with Crippen molar-refractivity contribution < 1.29 is 4.79 Å². The van der Waals surface area contributed by atoms with Crippen molar-refractivity contribution in [1.29, 1.82) is 0 Å². The Morgan fingerprint density at radius 3 is 2.83 bits per heavy atom. The highest BCUT2D eigenvalue weighted by molar-refractivity contribution is 7.17. The number of hydrogen-bond acceptors (Lipinski definition) is 3. The highest BCUT2D eigenvalue weighted by Crippen LogP contribution is 2.30. The van der Waals surface area contributed by atoms with Gasteiger partial charge in [-0.25, -0.2) is 0 Å². The van der Waals surface area contributed by atoms with Gasteiger partial charge >= 0.3 is 0 Å². The minimum atomic E-state index is -0.157. The van der Waals surface area contributed by atoms with Crippen molar-refractivity contribution in [2.24, 2.45) is 11.1 Å². The molecule has 0 aliphatic carbocycles. The van der Waals surface area contributed by atoms with Gasteiger partial charge in [-0.05, 0) is 18.0 Å². The number of carbonyl (C=O) groups is 1. The van der Waals surface area contributed by atoms with E-state index < -0.39 is 0 Å². The fourth-order valence-electron chi connectivity index (χ4n) is 1.78. The number of hydrogen-bond donors (Lipinski definition) is 2. The van der Waals surface area contributed by atoms with E-state index >= 15 is 0 Å². The molecule has 96 valence electrons. The zero-order chi connectivity index (χ0) is 13.2. The fraction of sp³-hybridized carbons (Fsp3) is 0.357. The van der Waals surface area contributed by atoms with Gasteiger partial charge in [-0.1, -0.05) is 32.0 Å². The van der Waals surface area contributed by atoms with Crippen LogP contribution in [-0.2, 0) is 4.79 Å². The van der Waals surface area contributed by atoms with Gasteiger partial charge in [0.15, 0.2) is 0 Å². The number of thiophene rings is 1. The number of nitrogens with two attached hydrogens (primary N) is 1. The van der Waals surface area contributed by atoms with E-state index in [2.05, 4.69) is 11.4 Å². The molecule has 0 aliphatic rings. The number of amides is 1. The average molecular weight is 262 g/mol. The van der Waals surface area contributed by atoms with Crippen molar-refractivity contribution in [1.82, 2.24) is 0 Å². The summed E-state index contributed by atoms with van der Waals surface area (Å²) in [5.74, 6) is 0.0222. The third kappa shape index (κ3) is 2.89. The molecule has 0 bridgehead atoms. The molecule has 0 saturated heterocycles. The molecule has 1 aromatic carbocycles. The maximum atomic E-state index is 12.0. The minimum absolute atomic E-state index is 0.0222. The van der Waals surface area contributed by atoms with E-state index in [9.17, 15) is 4.79 Å². The monoisotopic (exact) mass is 262 g/mol. The Labute approximate surface area is 111 Å². The molecule has 18 heavy (non-hydrogen) atoms. The Balaban J connectivity index is 2.12. The molecule has 3 nitrogen and oxygen atoms in total. The first-order valence-corrected chi connectivity index (χ1v) is 6.86. The first-order chi connectivity index (χ1) is 8.52. The lowest BCUT2D eigenvalue weighted by atomic mass is 9.89. The van der Waals surface area contributed by atoms with E-state index in [-0.39, 0.29) is 11.3 Å². The van der Waals surface area contributed by atoms with Crippen LogP contribution in [0.1, 0.15) is 20.3 Å². The molecule has 1 heterocycles. The molecule has 0 aliphatic heterocycles. The fourth-order valence-corrected chi connectivity index (χ4v) is 2.67. The van der Waals surface area contributed by atoms with E-state index in [1.54, 1.807) is 11.3 Å². The Morgan fingerprint density at radius 2 is 2.11 bits per heavy atom. The second-order valence-corrected chi connectivity index (χ2v) is 6.15. The molecular formula is C14H18N2OS. The van der Waals surface area contributed by atoms with Gasteiger partial charge in [0, 0.05) is 21.9 Å². The summed E-state index contributed by atoms with van der Waals surface area (Å²) in [6.07, 6.45) is 0.438. The summed E-state index contributed by atoms with van der Waals surface area (Å²) >= 11 is 1.64. The van der Waals surface area contributed by atoms with Crippen molar-refractivity contribution in [3.63, 3.8) is 0 Å². The summed E-state index contributed by atoms with van der Waals surface area (Å²) < 4.78 is 1.19.